The van der Waals surface area contributed by atoms with Crippen LogP contribution >= 0.6 is 23.4 Å². The van der Waals surface area contributed by atoms with E-state index in [4.69, 9.17) is 17.3 Å². The minimum Gasteiger partial charge on any atom is -0.324 e. The zero-order valence-corrected chi connectivity index (χ0v) is 10.9. The van der Waals surface area contributed by atoms with Crippen LogP contribution < -0.4 is 11.2 Å². The third-order valence-corrected chi connectivity index (χ3v) is 3.63. The van der Waals surface area contributed by atoms with Crippen LogP contribution in [0.3, 0.4) is 0 Å². The topological polar surface area (TPSA) is 68.8 Å². The summed E-state index contributed by atoms with van der Waals surface area (Å²) in [5.74, 6) is 0.706. The molecule has 1 aliphatic rings. The number of fused-ring (bicyclic) bond motifs is 1. The molecular weight excluding hydrogens is 270 g/mol. The predicted molar refractivity (Wildman–Crippen MR) is 72.6 cm³/mol. The Hall–Kier alpha value is -1.50. The number of hydrogen-bond donors (Lipinski definition) is 2. The van der Waals surface area contributed by atoms with Crippen molar-refractivity contribution in [1.82, 2.24) is 14.9 Å². The van der Waals surface area contributed by atoms with Crippen LogP contribution in [0.2, 0.25) is 5.02 Å². The lowest BCUT2D eigenvalue weighted by Crippen LogP contribution is -2.21. The van der Waals surface area contributed by atoms with Gasteiger partial charge in [-0.05, 0) is 12.1 Å². The lowest BCUT2D eigenvalue weighted by atomic mass is 10.2. The standard InChI is InChI=1S/C11H10ClN5S/c12-8-3-1-7(2-4-8)9-6-18-11-15-14-10(5-13)17(11)16-9/h1-4,6,16H,5,13H2. The molecule has 18 heavy (non-hydrogen) atoms. The molecule has 5 nitrogen and oxygen atoms in total. The van der Waals surface area contributed by atoms with Gasteiger partial charge in [-0.25, -0.2) is 4.68 Å². The molecule has 0 aliphatic carbocycles. The lowest BCUT2D eigenvalue weighted by Gasteiger charge is -2.18. The van der Waals surface area contributed by atoms with Crippen molar-refractivity contribution in [3.63, 3.8) is 0 Å². The summed E-state index contributed by atoms with van der Waals surface area (Å²) in [6.45, 7) is 0.342. The number of halogens is 1. The molecule has 0 saturated carbocycles. The van der Waals surface area contributed by atoms with Crippen molar-refractivity contribution in [2.24, 2.45) is 5.73 Å². The van der Waals surface area contributed by atoms with E-state index in [1.807, 2.05) is 29.7 Å². The van der Waals surface area contributed by atoms with Crippen LogP contribution in [0.25, 0.3) is 5.70 Å². The van der Waals surface area contributed by atoms with Crippen molar-refractivity contribution in [1.29, 1.82) is 0 Å². The summed E-state index contributed by atoms with van der Waals surface area (Å²) in [5, 5.41) is 11.5. The van der Waals surface area contributed by atoms with Crippen molar-refractivity contribution < 1.29 is 0 Å². The number of nitrogens with one attached hydrogen (secondary N) is 1. The zero-order chi connectivity index (χ0) is 12.5. The van der Waals surface area contributed by atoms with Crippen LogP contribution in [-0.2, 0) is 6.54 Å². The third-order valence-electron chi connectivity index (χ3n) is 2.55. The number of hydrogen-bond acceptors (Lipinski definition) is 5. The van der Waals surface area contributed by atoms with E-state index in [-0.39, 0.29) is 0 Å². The fourth-order valence-corrected chi connectivity index (χ4v) is 2.52. The van der Waals surface area contributed by atoms with E-state index >= 15 is 0 Å². The summed E-state index contributed by atoms with van der Waals surface area (Å²) in [4.78, 5) is 0. The van der Waals surface area contributed by atoms with Gasteiger partial charge in [-0.1, -0.05) is 35.5 Å². The molecule has 0 bridgehead atoms. The minimum atomic E-state index is 0.342. The molecule has 7 heteroatoms. The van der Waals surface area contributed by atoms with Crippen LogP contribution in [0, 0.1) is 0 Å². The van der Waals surface area contributed by atoms with Crippen LogP contribution in [0.5, 0.6) is 0 Å². The summed E-state index contributed by atoms with van der Waals surface area (Å²) in [5.41, 5.74) is 10.9. The zero-order valence-electron chi connectivity index (χ0n) is 9.30. The van der Waals surface area contributed by atoms with Gasteiger partial charge in [0.05, 0.1) is 12.2 Å². The Balaban J connectivity index is 1.92. The molecule has 3 rings (SSSR count). The second kappa shape index (κ2) is 4.64. The highest BCUT2D eigenvalue weighted by molar-refractivity contribution is 8.02. The number of rotatable bonds is 2. The monoisotopic (exact) mass is 279 g/mol. The second-order valence-corrected chi connectivity index (χ2v) is 4.98. The van der Waals surface area contributed by atoms with Gasteiger partial charge in [-0.15, -0.1) is 10.2 Å². The van der Waals surface area contributed by atoms with Crippen LogP contribution in [0.4, 0.5) is 0 Å². The number of thioether (sulfide) groups is 1. The maximum Gasteiger partial charge on any atom is 0.214 e. The molecule has 3 N–H and O–H groups in total. The molecule has 0 fully saturated rings. The van der Waals surface area contributed by atoms with Crippen LogP contribution in [-0.4, -0.2) is 14.9 Å². The first-order valence-electron chi connectivity index (χ1n) is 5.32. The van der Waals surface area contributed by atoms with E-state index in [0.29, 0.717) is 12.4 Å². The first kappa shape index (κ1) is 11.6. The maximum atomic E-state index is 5.88. The molecule has 0 spiro atoms. The van der Waals surface area contributed by atoms with Gasteiger partial charge in [0.2, 0.25) is 5.16 Å². The van der Waals surface area contributed by atoms with E-state index in [2.05, 4.69) is 15.6 Å². The van der Waals surface area contributed by atoms with Crippen molar-refractivity contribution in [3.05, 3.63) is 46.1 Å². The Morgan fingerprint density at radius 1 is 1.28 bits per heavy atom. The summed E-state index contributed by atoms with van der Waals surface area (Å²) in [7, 11) is 0. The van der Waals surface area contributed by atoms with Gasteiger partial charge < -0.3 is 5.73 Å². The van der Waals surface area contributed by atoms with Crippen molar-refractivity contribution in [3.8, 4) is 0 Å². The average Bonchev–Trinajstić information content (AvgIpc) is 2.81. The summed E-state index contributed by atoms with van der Waals surface area (Å²) in [6.07, 6.45) is 0. The third kappa shape index (κ3) is 1.98. The van der Waals surface area contributed by atoms with Gasteiger partial charge in [0.1, 0.15) is 0 Å². The molecule has 1 aromatic carbocycles. The minimum absolute atomic E-state index is 0.342. The van der Waals surface area contributed by atoms with E-state index in [1.165, 1.54) is 11.8 Å². The molecule has 2 aromatic rings. The van der Waals surface area contributed by atoms with Crippen LogP contribution in [0.15, 0.2) is 34.8 Å². The maximum absolute atomic E-state index is 5.88. The quantitative estimate of drug-likeness (QED) is 0.880. The number of nitrogens with zero attached hydrogens (tertiary/aromatic N) is 3. The van der Waals surface area contributed by atoms with E-state index in [0.717, 1.165) is 21.4 Å². The largest absolute Gasteiger partial charge is 0.324 e. The first-order valence-corrected chi connectivity index (χ1v) is 6.58. The molecule has 0 unspecified atom stereocenters. The molecule has 1 aliphatic heterocycles. The Morgan fingerprint density at radius 2 is 2.06 bits per heavy atom. The van der Waals surface area contributed by atoms with E-state index in [9.17, 15) is 0 Å². The van der Waals surface area contributed by atoms with Gasteiger partial charge in [0, 0.05) is 16.0 Å². The summed E-state index contributed by atoms with van der Waals surface area (Å²) in [6, 6.07) is 7.63. The number of nitrogens with two attached hydrogens (primary N) is 1. The van der Waals surface area contributed by atoms with E-state index in [1.54, 1.807) is 4.68 Å². The molecule has 1 aromatic heterocycles. The van der Waals surface area contributed by atoms with Gasteiger partial charge in [-0.2, -0.15) is 0 Å². The molecule has 0 atom stereocenters. The van der Waals surface area contributed by atoms with Crippen molar-refractivity contribution in [2.45, 2.75) is 11.7 Å². The second-order valence-electron chi connectivity index (χ2n) is 3.71. The summed E-state index contributed by atoms with van der Waals surface area (Å²) < 4.78 is 1.80. The van der Waals surface area contributed by atoms with Crippen molar-refractivity contribution >= 4 is 29.1 Å². The van der Waals surface area contributed by atoms with Crippen LogP contribution in [0.1, 0.15) is 11.4 Å². The molecule has 2 heterocycles. The predicted octanol–water partition coefficient (Wildman–Crippen LogP) is 2.04. The number of benzene rings is 1. The molecular formula is C11H10ClN5S. The van der Waals surface area contributed by atoms with Crippen molar-refractivity contribution in [2.75, 3.05) is 5.43 Å². The smallest absolute Gasteiger partial charge is 0.214 e. The fraction of sp³-hybridized carbons (Fsp3) is 0.0909. The van der Waals surface area contributed by atoms with Gasteiger partial charge >= 0.3 is 0 Å². The Morgan fingerprint density at radius 3 is 2.78 bits per heavy atom. The SMILES string of the molecule is NCc1nnc2n1NC(c1ccc(Cl)cc1)=CS2. The lowest BCUT2D eigenvalue weighted by molar-refractivity contribution is 0.765. The highest BCUT2D eigenvalue weighted by Crippen LogP contribution is 2.28. The number of aromatic nitrogens is 3. The Bertz CT molecular complexity index is 604. The van der Waals surface area contributed by atoms with E-state index < -0.39 is 0 Å². The van der Waals surface area contributed by atoms with Gasteiger partial charge in [-0.3, -0.25) is 5.43 Å². The molecule has 0 saturated heterocycles. The summed E-state index contributed by atoms with van der Waals surface area (Å²) >= 11 is 7.38. The highest BCUT2D eigenvalue weighted by Gasteiger charge is 2.17. The Labute approximate surface area is 113 Å². The fourth-order valence-electron chi connectivity index (χ4n) is 1.64. The average molecular weight is 280 g/mol. The van der Waals surface area contributed by atoms with Gasteiger partial charge in [0.15, 0.2) is 5.82 Å². The molecule has 0 amide bonds. The molecule has 92 valence electrons. The first-order chi connectivity index (χ1) is 8.78. The normalized spacial score (nSPS) is 13.8. The van der Waals surface area contributed by atoms with Gasteiger partial charge in [0.25, 0.3) is 0 Å². The highest BCUT2D eigenvalue weighted by atomic mass is 35.5. The Kier molecular flexibility index (Phi) is 2.99. The molecule has 0 radical (unpaired) electrons.